The molecule has 3 heteroatoms. The van der Waals surface area contributed by atoms with Crippen LogP contribution in [0.25, 0.3) is 0 Å². The van der Waals surface area contributed by atoms with Gasteiger partial charge in [0, 0.05) is 26.1 Å². The molecule has 0 saturated heterocycles. The number of unbranched alkanes of at least 4 members (excludes halogenated alkanes) is 1. The summed E-state index contributed by atoms with van der Waals surface area (Å²) in [6, 6.07) is 0.560. The predicted octanol–water partition coefficient (Wildman–Crippen LogP) is 2.02. The van der Waals surface area contributed by atoms with E-state index in [0.717, 1.165) is 32.4 Å². The minimum atomic E-state index is 0.273. The van der Waals surface area contributed by atoms with Gasteiger partial charge in [-0.1, -0.05) is 20.8 Å². The van der Waals surface area contributed by atoms with Gasteiger partial charge in [0.1, 0.15) is 0 Å². The maximum absolute atomic E-state index is 11.4. The van der Waals surface area contributed by atoms with Crippen LogP contribution >= 0.6 is 0 Å². The Labute approximate surface area is 94.2 Å². The predicted molar refractivity (Wildman–Crippen MR) is 64.9 cm³/mol. The standard InChI is InChI=1S/C12H26N2O/c1-5-8-12(15)14(4)10-7-6-9-13-11(2)3/h11,13H,5-10H2,1-4H3. The summed E-state index contributed by atoms with van der Waals surface area (Å²) >= 11 is 0. The van der Waals surface area contributed by atoms with E-state index in [9.17, 15) is 4.79 Å². The number of hydrogen-bond acceptors (Lipinski definition) is 2. The van der Waals surface area contributed by atoms with Gasteiger partial charge in [-0.05, 0) is 25.8 Å². The summed E-state index contributed by atoms with van der Waals surface area (Å²) in [7, 11) is 1.90. The average Bonchev–Trinajstić information content (AvgIpc) is 2.16. The molecule has 0 fully saturated rings. The first-order valence-electron chi connectivity index (χ1n) is 6.05. The third-order valence-electron chi connectivity index (χ3n) is 2.36. The normalized spacial score (nSPS) is 10.7. The second-order valence-corrected chi connectivity index (χ2v) is 4.38. The van der Waals surface area contributed by atoms with Crippen molar-refractivity contribution in [1.82, 2.24) is 10.2 Å². The largest absolute Gasteiger partial charge is 0.346 e. The molecule has 0 aromatic carbocycles. The Morgan fingerprint density at radius 1 is 1.33 bits per heavy atom. The number of nitrogens with zero attached hydrogens (tertiary/aromatic N) is 1. The van der Waals surface area contributed by atoms with Gasteiger partial charge in [-0.25, -0.2) is 0 Å². The van der Waals surface area contributed by atoms with Crippen molar-refractivity contribution in [2.75, 3.05) is 20.1 Å². The molecule has 0 unspecified atom stereocenters. The summed E-state index contributed by atoms with van der Waals surface area (Å²) in [5.41, 5.74) is 0. The number of rotatable bonds is 8. The molecular formula is C12H26N2O. The third kappa shape index (κ3) is 8.43. The van der Waals surface area contributed by atoms with Gasteiger partial charge in [0.05, 0.1) is 0 Å². The van der Waals surface area contributed by atoms with Crippen molar-refractivity contribution in [2.24, 2.45) is 0 Å². The second-order valence-electron chi connectivity index (χ2n) is 4.38. The van der Waals surface area contributed by atoms with E-state index in [1.54, 1.807) is 0 Å². The van der Waals surface area contributed by atoms with Crippen LogP contribution in [0.1, 0.15) is 46.5 Å². The zero-order valence-corrected chi connectivity index (χ0v) is 10.7. The van der Waals surface area contributed by atoms with E-state index in [4.69, 9.17) is 0 Å². The Hall–Kier alpha value is -0.570. The maximum atomic E-state index is 11.4. The molecule has 15 heavy (non-hydrogen) atoms. The summed E-state index contributed by atoms with van der Waals surface area (Å²) in [4.78, 5) is 13.3. The van der Waals surface area contributed by atoms with Crippen molar-refractivity contribution in [1.29, 1.82) is 0 Å². The van der Waals surface area contributed by atoms with Crippen molar-refractivity contribution < 1.29 is 4.79 Å². The highest BCUT2D eigenvalue weighted by atomic mass is 16.2. The van der Waals surface area contributed by atoms with E-state index < -0.39 is 0 Å². The Kier molecular flexibility index (Phi) is 8.38. The van der Waals surface area contributed by atoms with Crippen LogP contribution in [0.15, 0.2) is 0 Å². The molecule has 90 valence electrons. The zero-order valence-electron chi connectivity index (χ0n) is 10.7. The molecular weight excluding hydrogens is 188 g/mol. The summed E-state index contributed by atoms with van der Waals surface area (Å²) in [6.07, 6.45) is 3.85. The summed E-state index contributed by atoms with van der Waals surface area (Å²) in [6.45, 7) is 8.28. The van der Waals surface area contributed by atoms with E-state index in [1.807, 2.05) is 18.9 Å². The maximum Gasteiger partial charge on any atom is 0.222 e. The molecule has 0 aromatic rings. The van der Waals surface area contributed by atoms with Crippen LogP contribution in [-0.4, -0.2) is 37.0 Å². The highest BCUT2D eigenvalue weighted by Crippen LogP contribution is 1.97. The minimum Gasteiger partial charge on any atom is -0.346 e. The Morgan fingerprint density at radius 3 is 2.53 bits per heavy atom. The molecule has 0 heterocycles. The van der Waals surface area contributed by atoms with Crippen molar-refractivity contribution in [3.05, 3.63) is 0 Å². The molecule has 0 rings (SSSR count). The number of nitrogens with one attached hydrogen (secondary N) is 1. The quantitative estimate of drug-likeness (QED) is 0.627. The lowest BCUT2D eigenvalue weighted by Gasteiger charge is -2.16. The van der Waals surface area contributed by atoms with Crippen LogP contribution in [0.3, 0.4) is 0 Å². The molecule has 0 aliphatic rings. The molecule has 0 spiro atoms. The van der Waals surface area contributed by atoms with E-state index in [0.29, 0.717) is 12.5 Å². The van der Waals surface area contributed by atoms with Crippen LogP contribution in [0.5, 0.6) is 0 Å². The van der Waals surface area contributed by atoms with Crippen LogP contribution in [-0.2, 0) is 4.79 Å². The number of amides is 1. The molecule has 0 atom stereocenters. The van der Waals surface area contributed by atoms with Gasteiger partial charge in [0.15, 0.2) is 0 Å². The van der Waals surface area contributed by atoms with Crippen molar-refractivity contribution in [3.8, 4) is 0 Å². The first kappa shape index (κ1) is 14.4. The monoisotopic (exact) mass is 214 g/mol. The highest BCUT2D eigenvalue weighted by molar-refractivity contribution is 5.75. The first-order valence-corrected chi connectivity index (χ1v) is 6.05. The van der Waals surface area contributed by atoms with Crippen LogP contribution in [0, 0.1) is 0 Å². The Balaban J connectivity index is 3.38. The van der Waals surface area contributed by atoms with Gasteiger partial charge < -0.3 is 10.2 Å². The van der Waals surface area contributed by atoms with Gasteiger partial charge in [0.2, 0.25) is 5.91 Å². The van der Waals surface area contributed by atoms with Crippen molar-refractivity contribution in [3.63, 3.8) is 0 Å². The van der Waals surface area contributed by atoms with Gasteiger partial charge in [-0.15, -0.1) is 0 Å². The first-order chi connectivity index (χ1) is 7.07. The number of carbonyl (C=O) groups excluding carboxylic acids is 1. The van der Waals surface area contributed by atoms with E-state index in [2.05, 4.69) is 19.2 Å². The Morgan fingerprint density at radius 2 is 2.00 bits per heavy atom. The molecule has 0 aliphatic heterocycles. The molecule has 0 bridgehead atoms. The lowest BCUT2D eigenvalue weighted by Crippen LogP contribution is -2.28. The van der Waals surface area contributed by atoms with Gasteiger partial charge in [0.25, 0.3) is 0 Å². The molecule has 0 aromatic heterocycles. The highest BCUT2D eigenvalue weighted by Gasteiger charge is 2.05. The van der Waals surface area contributed by atoms with Gasteiger partial charge >= 0.3 is 0 Å². The summed E-state index contributed by atoms with van der Waals surface area (Å²) in [5.74, 6) is 0.273. The van der Waals surface area contributed by atoms with Gasteiger partial charge in [-0.2, -0.15) is 0 Å². The lowest BCUT2D eigenvalue weighted by molar-refractivity contribution is -0.129. The smallest absolute Gasteiger partial charge is 0.222 e. The average molecular weight is 214 g/mol. The fraction of sp³-hybridized carbons (Fsp3) is 0.917. The number of carbonyl (C=O) groups is 1. The van der Waals surface area contributed by atoms with Crippen LogP contribution < -0.4 is 5.32 Å². The van der Waals surface area contributed by atoms with Crippen molar-refractivity contribution in [2.45, 2.75) is 52.5 Å². The summed E-state index contributed by atoms with van der Waals surface area (Å²) < 4.78 is 0. The molecule has 1 amide bonds. The van der Waals surface area contributed by atoms with Crippen LogP contribution in [0.2, 0.25) is 0 Å². The molecule has 1 N–H and O–H groups in total. The molecule has 0 aliphatic carbocycles. The van der Waals surface area contributed by atoms with E-state index >= 15 is 0 Å². The minimum absolute atomic E-state index is 0.273. The lowest BCUT2D eigenvalue weighted by atomic mass is 10.2. The molecule has 0 saturated carbocycles. The Bertz CT molecular complexity index is 169. The number of hydrogen-bond donors (Lipinski definition) is 1. The second kappa shape index (κ2) is 8.72. The fourth-order valence-electron chi connectivity index (χ4n) is 1.39. The SMILES string of the molecule is CCCC(=O)N(C)CCCCNC(C)C. The fourth-order valence-corrected chi connectivity index (χ4v) is 1.39. The molecule has 0 radical (unpaired) electrons. The third-order valence-corrected chi connectivity index (χ3v) is 2.36. The summed E-state index contributed by atoms with van der Waals surface area (Å²) in [5, 5.41) is 3.37. The van der Waals surface area contributed by atoms with E-state index in [-0.39, 0.29) is 5.91 Å². The van der Waals surface area contributed by atoms with Crippen molar-refractivity contribution >= 4 is 5.91 Å². The van der Waals surface area contributed by atoms with Gasteiger partial charge in [-0.3, -0.25) is 4.79 Å². The van der Waals surface area contributed by atoms with Crippen LogP contribution in [0.4, 0.5) is 0 Å². The molecule has 3 nitrogen and oxygen atoms in total. The van der Waals surface area contributed by atoms with E-state index in [1.165, 1.54) is 0 Å². The topological polar surface area (TPSA) is 32.3 Å². The zero-order chi connectivity index (χ0) is 11.7.